The zero-order valence-electron chi connectivity index (χ0n) is 14.5. The van der Waals surface area contributed by atoms with Crippen molar-refractivity contribution in [2.24, 2.45) is 35.3 Å². The summed E-state index contributed by atoms with van der Waals surface area (Å²) in [6.07, 6.45) is 7.23. The second-order valence-corrected chi connectivity index (χ2v) is 8.85. The van der Waals surface area contributed by atoms with E-state index in [2.05, 4.69) is 12.2 Å². The quantitative estimate of drug-likeness (QED) is 0.703. The summed E-state index contributed by atoms with van der Waals surface area (Å²) in [5.74, 6) is -2.67. The molecule has 0 aliphatic heterocycles. The second kappa shape index (κ2) is 6.23. The van der Waals surface area contributed by atoms with Gasteiger partial charge < -0.3 is 16.2 Å². The maximum Gasteiger partial charge on any atom is 0.307 e. The van der Waals surface area contributed by atoms with Gasteiger partial charge in [0.25, 0.3) is 5.91 Å². The first-order valence-corrected chi connectivity index (χ1v) is 9.84. The molecule has 1 aromatic rings. The number of carboxylic acid groups (broad SMARTS) is 1. The fourth-order valence-electron chi connectivity index (χ4n) is 4.81. The Morgan fingerprint density at radius 3 is 2.58 bits per heavy atom. The molecular formula is C19H22N2O4S. The van der Waals surface area contributed by atoms with Crippen molar-refractivity contribution in [3.63, 3.8) is 0 Å². The molecule has 3 aliphatic carbocycles. The maximum atomic E-state index is 12.9. The van der Waals surface area contributed by atoms with E-state index in [1.807, 2.05) is 12.2 Å². The molecule has 1 saturated carbocycles. The number of amides is 2. The third-order valence-corrected chi connectivity index (χ3v) is 7.21. The van der Waals surface area contributed by atoms with Crippen molar-refractivity contribution in [3.8, 4) is 0 Å². The van der Waals surface area contributed by atoms with E-state index < -0.39 is 23.7 Å². The largest absolute Gasteiger partial charge is 0.481 e. The van der Waals surface area contributed by atoms with Crippen molar-refractivity contribution in [2.45, 2.75) is 32.6 Å². The van der Waals surface area contributed by atoms with E-state index in [0.29, 0.717) is 22.9 Å². The average Bonchev–Trinajstić information content (AvgIpc) is 3.25. The van der Waals surface area contributed by atoms with E-state index in [9.17, 15) is 19.5 Å². The summed E-state index contributed by atoms with van der Waals surface area (Å²) in [6.45, 7) is 2.17. The number of rotatable bonds is 4. The third kappa shape index (κ3) is 2.65. The maximum absolute atomic E-state index is 12.9. The van der Waals surface area contributed by atoms with Crippen LogP contribution in [0.2, 0.25) is 0 Å². The van der Waals surface area contributed by atoms with Gasteiger partial charge in [-0.05, 0) is 49.0 Å². The lowest BCUT2D eigenvalue weighted by Crippen LogP contribution is -2.36. The first-order valence-electron chi connectivity index (χ1n) is 9.03. The number of hydrogen-bond donors (Lipinski definition) is 3. The molecule has 4 rings (SSSR count). The van der Waals surface area contributed by atoms with Gasteiger partial charge in [-0.2, -0.15) is 0 Å². The number of anilines is 1. The Balaban J connectivity index is 1.63. The van der Waals surface area contributed by atoms with Crippen molar-refractivity contribution in [1.29, 1.82) is 0 Å². The molecule has 0 saturated heterocycles. The fourth-order valence-corrected chi connectivity index (χ4v) is 6.23. The molecule has 2 amide bonds. The lowest BCUT2D eigenvalue weighted by molar-refractivity contribution is -0.146. The highest BCUT2D eigenvalue weighted by Gasteiger charge is 2.51. The zero-order chi connectivity index (χ0) is 18.6. The van der Waals surface area contributed by atoms with Gasteiger partial charge in [-0.3, -0.25) is 14.4 Å². The van der Waals surface area contributed by atoms with Gasteiger partial charge in [0.1, 0.15) is 5.00 Å². The van der Waals surface area contributed by atoms with Gasteiger partial charge in [0.15, 0.2) is 0 Å². The Hall–Kier alpha value is -2.15. The Morgan fingerprint density at radius 1 is 1.23 bits per heavy atom. The van der Waals surface area contributed by atoms with Crippen LogP contribution in [0.5, 0.6) is 0 Å². The lowest BCUT2D eigenvalue weighted by atomic mass is 9.82. The van der Waals surface area contributed by atoms with Crippen LogP contribution in [0.4, 0.5) is 5.00 Å². The first-order chi connectivity index (χ1) is 12.4. The van der Waals surface area contributed by atoms with Crippen molar-refractivity contribution >= 4 is 34.1 Å². The standard InChI is InChI=1S/C19H22N2O4S/c1-8-2-5-11-12(6-8)26-18(15(11)16(20)22)21-17(23)13-9-3-4-10(7-9)14(13)19(24)25/h3-4,8-10,13-14H,2,5-7H2,1H3,(H2,20,22)(H,21,23)(H,24,25)/t8-,9-,10+,13+,14+/m1/s1. The molecule has 2 bridgehead atoms. The molecule has 26 heavy (non-hydrogen) atoms. The predicted octanol–water partition coefficient (Wildman–Crippen LogP) is 2.43. The molecule has 3 aliphatic rings. The number of nitrogens with one attached hydrogen (secondary N) is 1. The van der Waals surface area contributed by atoms with Gasteiger partial charge >= 0.3 is 5.97 Å². The number of primary amides is 1. The van der Waals surface area contributed by atoms with E-state index in [4.69, 9.17) is 5.73 Å². The summed E-state index contributed by atoms with van der Waals surface area (Å²) in [7, 11) is 0. The number of carbonyl (C=O) groups excluding carboxylic acids is 2. The van der Waals surface area contributed by atoms with Crippen molar-refractivity contribution < 1.29 is 19.5 Å². The highest BCUT2D eigenvalue weighted by molar-refractivity contribution is 7.17. The monoisotopic (exact) mass is 374 g/mol. The lowest BCUT2D eigenvalue weighted by Gasteiger charge is -2.23. The summed E-state index contributed by atoms with van der Waals surface area (Å²) < 4.78 is 0. The fraction of sp³-hybridized carbons (Fsp3) is 0.526. The Bertz CT molecular complexity index is 828. The second-order valence-electron chi connectivity index (χ2n) is 7.75. The smallest absolute Gasteiger partial charge is 0.307 e. The normalized spacial score (nSPS) is 31.7. The van der Waals surface area contributed by atoms with Crippen LogP contribution in [0, 0.1) is 29.6 Å². The van der Waals surface area contributed by atoms with E-state index >= 15 is 0 Å². The number of thiophene rings is 1. The van der Waals surface area contributed by atoms with Crippen LogP contribution >= 0.6 is 11.3 Å². The molecule has 7 heteroatoms. The van der Waals surface area contributed by atoms with Crippen LogP contribution in [0.15, 0.2) is 12.2 Å². The van der Waals surface area contributed by atoms with Gasteiger partial charge in [0.05, 0.1) is 17.4 Å². The van der Waals surface area contributed by atoms with Crippen LogP contribution in [0.25, 0.3) is 0 Å². The first kappa shape index (κ1) is 17.3. The molecule has 0 spiro atoms. The number of carboxylic acids is 1. The molecule has 1 heterocycles. The van der Waals surface area contributed by atoms with Crippen LogP contribution in [0.3, 0.4) is 0 Å². The molecule has 6 nitrogen and oxygen atoms in total. The Kier molecular flexibility index (Phi) is 4.14. The van der Waals surface area contributed by atoms with E-state index in [-0.39, 0.29) is 17.7 Å². The Morgan fingerprint density at radius 2 is 1.92 bits per heavy atom. The van der Waals surface area contributed by atoms with Crippen molar-refractivity contribution in [2.75, 3.05) is 5.32 Å². The molecule has 0 unspecified atom stereocenters. The molecule has 138 valence electrons. The van der Waals surface area contributed by atoms with Gasteiger partial charge in [0, 0.05) is 4.88 Å². The van der Waals surface area contributed by atoms with E-state index in [0.717, 1.165) is 29.7 Å². The average molecular weight is 374 g/mol. The summed E-state index contributed by atoms with van der Waals surface area (Å²) in [4.78, 5) is 37.7. The molecule has 0 aromatic carbocycles. The number of hydrogen-bond acceptors (Lipinski definition) is 4. The minimum Gasteiger partial charge on any atom is -0.481 e. The number of aliphatic carboxylic acids is 1. The van der Waals surface area contributed by atoms with Crippen LogP contribution < -0.4 is 11.1 Å². The molecule has 1 fully saturated rings. The summed E-state index contributed by atoms with van der Waals surface area (Å²) in [5.41, 5.74) is 6.96. The topological polar surface area (TPSA) is 109 Å². The van der Waals surface area contributed by atoms with Crippen LogP contribution in [-0.2, 0) is 22.4 Å². The summed E-state index contributed by atoms with van der Waals surface area (Å²) in [5, 5.41) is 12.9. The third-order valence-electron chi connectivity index (χ3n) is 6.04. The zero-order valence-corrected chi connectivity index (χ0v) is 15.3. The highest BCUT2D eigenvalue weighted by Crippen LogP contribution is 2.49. The minimum absolute atomic E-state index is 0.0484. The summed E-state index contributed by atoms with van der Waals surface area (Å²) in [6, 6.07) is 0. The van der Waals surface area contributed by atoms with Crippen molar-refractivity contribution in [1.82, 2.24) is 0 Å². The van der Waals surface area contributed by atoms with E-state index in [1.165, 1.54) is 11.3 Å². The Labute approximate surface area is 155 Å². The number of nitrogens with two attached hydrogens (primary N) is 1. The highest BCUT2D eigenvalue weighted by atomic mass is 32.1. The van der Waals surface area contributed by atoms with Gasteiger partial charge in [-0.1, -0.05) is 19.1 Å². The van der Waals surface area contributed by atoms with Gasteiger partial charge in [-0.15, -0.1) is 11.3 Å². The number of allylic oxidation sites excluding steroid dienone is 2. The van der Waals surface area contributed by atoms with Crippen LogP contribution in [0.1, 0.15) is 40.6 Å². The van der Waals surface area contributed by atoms with Gasteiger partial charge in [-0.25, -0.2) is 0 Å². The number of carbonyl (C=O) groups is 3. The van der Waals surface area contributed by atoms with Gasteiger partial charge in [0.2, 0.25) is 5.91 Å². The SMILES string of the molecule is C[C@@H]1CCc2c(sc(NC(=O)[C@@H]3[C@@H](C(=O)O)[C@H]4C=C[C@@H]3C4)c2C(N)=O)C1. The molecule has 0 radical (unpaired) electrons. The number of fused-ring (bicyclic) bond motifs is 3. The summed E-state index contributed by atoms with van der Waals surface area (Å²) >= 11 is 1.41. The molecular weight excluding hydrogens is 352 g/mol. The molecule has 5 atom stereocenters. The molecule has 4 N–H and O–H groups in total. The van der Waals surface area contributed by atoms with Crippen LogP contribution in [-0.4, -0.2) is 22.9 Å². The predicted molar refractivity (Wildman–Crippen MR) is 98.0 cm³/mol. The van der Waals surface area contributed by atoms with Crippen molar-refractivity contribution in [3.05, 3.63) is 28.2 Å². The van der Waals surface area contributed by atoms with E-state index in [1.54, 1.807) is 0 Å². The molecule has 1 aromatic heterocycles. The minimum atomic E-state index is -0.934.